The predicted octanol–water partition coefficient (Wildman–Crippen LogP) is 4.80. The lowest BCUT2D eigenvalue weighted by atomic mass is 9.68. The zero-order valence-electron chi connectivity index (χ0n) is 13.6. The number of rotatable bonds is 6. The van der Waals surface area contributed by atoms with Gasteiger partial charge in [0.2, 0.25) is 0 Å². The van der Waals surface area contributed by atoms with E-state index in [9.17, 15) is 0 Å². The molecular weight excluding hydrogens is 242 g/mol. The van der Waals surface area contributed by atoms with Gasteiger partial charge in [0.15, 0.2) is 0 Å². The Kier molecular flexibility index (Phi) is 5.65. The lowest BCUT2D eigenvalue weighted by molar-refractivity contribution is 0.157. The van der Waals surface area contributed by atoms with Crippen LogP contribution in [0.15, 0.2) is 18.2 Å². The predicted molar refractivity (Wildman–Crippen MR) is 88.3 cm³/mol. The van der Waals surface area contributed by atoms with Gasteiger partial charge in [-0.25, -0.2) is 0 Å². The van der Waals surface area contributed by atoms with Crippen molar-refractivity contribution in [3.63, 3.8) is 0 Å². The van der Waals surface area contributed by atoms with Crippen molar-refractivity contribution < 1.29 is 0 Å². The van der Waals surface area contributed by atoms with E-state index in [0.717, 1.165) is 0 Å². The van der Waals surface area contributed by atoms with Crippen molar-refractivity contribution in [2.75, 3.05) is 13.6 Å². The van der Waals surface area contributed by atoms with Crippen LogP contribution in [0.1, 0.15) is 61.6 Å². The van der Waals surface area contributed by atoms with Gasteiger partial charge >= 0.3 is 0 Å². The van der Waals surface area contributed by atoms with Gasteiger partial charge in [0, 0.05) is 0 Å². The van der Waals surface area contributed by atoms with E-state index < -0.39 is 0 Å². The van der Waals surface area contributed by atoms with Crippen LogP contribution in [-0.2, 0) is 6.42 Å². The zero-order valence-corrected chi connectivity index (χ0v) is 13.6. The smallest absolute Gasteiger partial charge is 0.00466 e. The number of hydrogen-bond donors (Lipinski definition) is 1. The van der Waals surface area contributed by atoms with Gasteiger partial charge in [-0.3, -0.25) is 0 Å². The molecule has 2 rings (SSSR count). The highest BCUT2D eigenvalue weighted by atomic mass is 14.8. The fourth-order valence-electron chi connectivity index (χ4n) is 3.79. The van der Waals surface area contributed by atoms with E-state index in [-0.39, 0.29) is 0 Å². The van der Waals surface area contributed by atoms with E-state index in [1.54, 1.807) is 5.56 Å². The molecule has 0 bridgehead atoms. The molecule has 1 aromatic carbocycles. The summed E-state index contributed by atoms with van der Waals surface area (Å²) in [5.41, 5.74) is 5.05. The van der Waals surface area contributed by atoms with E-state index >= 15 is 0 Å². The van der Waals surface area contributed by atoms with Gasteiger partial charge in [-0.1, -0.05) is 43.0 Å². The van der Waals surface area contributed by atoms with Crippen molar-refractivity contribution in [3.8, 4) is 0 Å². The minimum atomic E-state index is 0.609. The molecule has 1 nitrogen and oxygen atoms in total. The number of hydrogen-bond acceptors (Lipinski definition) is 1. The summed E-state index contributed by atoms with van der Waals surface area (Å²) in [5, 5.41) is 3.36. The highest BCUT2D eigenvalue weighted by Gasteiger charge is 2.30. The molecule has 0 unspecified atom stereocenters. The number of aryl methyl sites for hydroxylation is 3. The Hall–Kier alpha value is -0.820. The molecule has 112 valence electrons. The Morgan fingerprint density at radius 2 is 1.80 bits per heavy atom. The molecule has 0 saturated heterocycles. The topological polar surface area (TPSA) is 12.0 Å². The van der Waals surface area contributed by atoms with E-state index in [4.69, 9.17) is 0 Å². The molecule has 0 radical (unpaired) electrons. The summed E-state index contributed by atoms with van der Waals surface area (Å²) in [7, 11) is 2.08. The Morgan fingerprint density at radius 1 is 1.05 bits per heavy atom. The van der Waals surface area contributed by atoms with Crippen LogP contribution in [0.5, 0.6) is 0 Å². The molecule has 0 amide bonds. The quantitative estimate of drug-likeness (QED) is 0.785. The molecule has 0 heterocycles. The zero-order chi connectivity index (χ0) is 14.4. The van der Waals surface area contributed by atoms with E-state index in [2.05, 4.69) is 44.4 Å². The van der Waals surface area contributed by atoms with Gasteiger partial charge in [-0.2, -0.15) is 0 Å². The highest BCUT2D eigenvalue weighted by Crippen LogP contribution is 2.43. The van der Waals surface area contributed by atoms with Crippen LogP contribution in [0.2, 0.25) is 0 Å². The van der Waals surface area contributed by atoms with E-state index in [1.807, 2.05) is 0 Å². The van der Waals surface area contributed by atoms with Crippen molar-refractivity contribution in [1.29, 1.82) is 0 Å². The molecule has 0 aliphatic heterocycles. The Bertz CT molecular complexity index is 416. The van der Waals surface area contributed by atoms with Gasteiger partial charge in [0.1, 0.15) is 0 Å². The summed E-state index contributed by atoms with van der Waals surface area (Å²) in [6.45, 7) is 5.64. The standard InChI is InChI=1S/C19H31N/c1-16-7-8-17(2)18(15-16)9-12-19(13-14-20-3)10-5-4-6-11-19/h7-8,15,20H,4-6,9-14H2,1-3H3. The molecule has 1 aromatic rings. The molecule has 0 atom stereocenters. The molecule has 1 aliphatic carbocycles. The third-order valence-electron chi connectivity index (χ3n) is 5.25. The van der Waals surface area contributed by atoms with Crippen molar-refractivity contribution in [3.05, 3.63) is 34.9 Å². The van der Waals surface area contributed by atoms with Crippen LogP contribution in [0.3, 0.4) is 0 Å². The monoisotopic (exact) mass is 273 g/mol. The average Bonchev–Trinajstić information content (AvgIpc) is 2.47. The molecule has 0 spiro atoms. The van der Waals surface area contributed by atoms with Gasteiger partial charge in [0.05, 0.1) is 0 Å². The normalized spacial score (nSPS) is 18.1. The average molecular weight is 273 g/mol. The van der Waals surface area contributed by atoms with Crippen molar-refractivity contribution in [1.82, 2.24) is 5.32 Å². The van der Waals surface area contributed by atoms with Gasteiger partial charge < -0.3 is 5.32 Å². The number of nitrogens with one attached hydrogen (secondary N) is 1. The first-order chi connectivity index (χ1) is 9.65. The molecule has 1 N–H and O–H groups in total. The maximum Gasteiger partial charge on any atom is -0.00466 e. The second-order valence-corrected chi connectivity index (χ2v) is 6.84. The molecule has 1 aliphatic rings. The summed E-state index contributed by atoms with van der Waals surface area (Å²) in [6.07, 6.45) is 11.2. The maximum absolute atomic E-state index is 3.36. The summed E-state index contributed by atoms with van der Waals surface area (Å²) in [6, 6.07) is 6.91. The van der Waals surface area contributed by atoms with Crippen LogP contribution in [0.4, 0.5) is 0 Å². The van der Waals surface area contributed by atoms with Crippen LogP contribution in [-0.4, -0.2) is 13.6 Å². The second-order valence-electron chi connectivity index (χ2n) is 6.84. The second kappa shape index (κ2) is 7.26. The Morgan fingerprint density at radius 3 is 2.50 bits per heavy atom. The fourth-order valence-corrected chi connectivity index (χ4v) is 3.79. The summed E-state index contributed by atoms with van der Waals surface area (Å²) < 4.78 is 0. The van der Waals surface area contributed by atoms with E-state index in [0.29, 0.717) is 5.41 Å². The lowest BCUT2D eigenvalue weighted by Crippen LogP contribution is -2.29. The van der Waals surface area contributed by atoms with Crippen LogP contribution < -0.4 is 5.32 Å². The largest absolute Gasteiger partial charge is 0.320 e. The van der Waals surface area contributed by atoms with Gasteiger partial charge in [-0.15, -0.1) is 0 Å². The SMILES string of the molecule is CNCCC1(CCc2cc(C)ccc2C)CCCCC1. The first-order valence-electron chi connectivity index (χ1n) is 8.36. The first kappa shape index (κ1) is 15.6. The lowest BCUT2D eigenvalue weighted by Gasteiger charge is -2.38. The molecule has 1 fully saturated rings. The molecular formula is C19H31N. The summed E-state index contributed by atoms with van der Waals surface area (Å²) in [4.78, 5) is 0. The van der Waals surface area contributed by atoms with Gasteiger partial charge in [0.25, 0.3) is 0 Å². The molecule has 1 heteroatoms. The van der Waals surface area contributed by atoms with Crippen LogP contribution in [0, 0.1) is 19.3 Å². The van der Waals surface area contributed by atoms with E-state index in [1.165, 1.54) is 69.0 Å². The molecule has 1 saturated carbocycles. The minimum absolute atomic E-state index is 0.609. The molecule has 0 aromatic heterocycles. The highest BCUT2D eigenvalue weighted by molar-refractivity contribution is 5.30. The van der Waals surface area contributed by atoms with Crippen molar-refractivity contribution in [2.24, 2.45) is 5.41 Å². The first-order valence-corrected chi connectivity index (χ1v) is 8.36. The Labute approximate surface area is 125 Å². The van der Waals surface area contributed by atoms with Crippen molar-refractivity contribution >= 4 is 0 Å². The maximum atomic E-state index is 3.36. The third kappa shape index (κ3) is 4.09. The summed E-state index contributed by atoms with van der Waals surface area (Å²) >= 11 is 0. The molecule has 20 heavy (non-hydrogen) atoms. The number of benzene rings is 1. The van der Waals surface area contributed by atoms with Crippen LogP contribution >= 0.6 is 0 Å². The Balaban J connectivity index is 2.02. The fraction of sp³-hybridized carbons (Fsp3) is 0.684. The minimum Gasteiger partial charge on any atom is -0.320 e. The van der Waals surface area contributed by atoms with Gasteiger partial charge in [-0.05, 0) is 76.1 Å². The summed E-state index contributed by atoms with van der Waals surface area (Å²) in [5.74, 6) is 0. The van der Waals surface area contributed by atoms with Crippen molar-refractivity contribution in [2.45, 2.75) is 65.2 Å². The third-order valence-corrected chi connectivity index (χ3v) is 5.25. The van der Waals surface area contributed by atoms with Crippen LogP contribution in [0.25, 0.3) is 0 Å².